The number of aryl methyl sites for hydroxylation is 1. The Morgan fingerprint density at radius 2 is 2.00 bits per heavy atom. The van der Waals surface area contributed by atoms with Gasteiger partial charge in [0.15, 0.2) is 0 Å². The Morgan fingerprint density at radius 3 is 2.74 bits per heavy atom. The summed E-state index contributed by atoms with van der Waals surface area (Å²) in [6.07, 6.45) is 4.61. The van der Waals surface area contributed by atoms with Crippen LogP contribution < -0.4 is 0 Å². The second-order valence-corrected chi connectivity index (χ2v) is 7.15. The van der Waals surface area contributed by atoms with Gasteiger partial charge in [-0.05, 0) is 55.2 Å². The smallest absolute Gasteiger partial charge is 0.242 e. The molecule has 1 amide bonds. The number of aliphatic hydroxyl groups excluding tert-OH is 1. The van der Waals surface area contributed by atoms with E-state index in [4.69, 9.17) is 0 Å². The predicted octanol–water partition coefficient (Wildman–Crippen LogP) is 3.13. The van der Waals surface area contributed by atoms with E-state index in [0.717, 1.165) is 22.2 Å². The highest BCUT2D eigenvalue weighted by molar-refractivity contribution is 5.84. The van der Waals surface area contributed by atoms with Crippen molar-refractivity contribution in [1.82, 2.24) is 14.5 Å². The van der Waals surface area contributed by atoms with Crippen molar-refractivity contribution in [2.45, 2.75) is 32.4 Å². The number of hydrogen-bond donors (Lipinski definition) is 1. The molecule has 6 heteroatoms. The summed E-state index contributed by atoms with van der Waals surface area (Å²) in [5.41, 5.74) is 4.07. The Kier molecular flexibility index (Phi) is 4.66. The molecule has 0 radical (unpaired) electrons. The lowest BCUT2D eigenvalue weighted by atomic mass is 10.0. The first kappa shape index (κ1) is 17.7. The van der Waals surface area contributed by atoms with Crippen molar-refractivity contribution in [3.8, 4) is 11.1 Å². The van der Waals surface area contributed by atoms with Crippen LogP contribution in [0.25, 0.3) is 22.2 Å². The normalized spacial score (nSPS) is 15.4. The first-order valence-corrected chi connectivity index (χ1v) is 9.18. The summed E-state index contributed by atoms with van der Waals surface area (Å²) >= 11 is 0. The second kappa shape index (κ2) is 7.12. The van der Waals surface area contributed by atoms with Gasteiger partial charge in [0.05, 0.1) is 17.1 Å². The molecule has 0 spiro atoms. The molecule has 5 nitrogen and oxygen atoms in total. The van der Waals surface area contributed by atoms with Crippen LogP contribution in [0.1, 0.15) is 18.4 Å². The fraction of sp³-hybridized carbons (Fsp3) is 0.333. The number of fused-ring (bicyclic) bond motifs is 1. The molecule has 1 aliphatic rings. The molecule has 1 fully saturated rings. The number of halogens is 1. The molecule has 0 unspecified atom stereocenters. The number of carbonyl (C=O) groups excluding carboxylic acids is 1. The van der Waals surface area contributed by atoms with Crippen LogP contribution in [0.4, 0.5) is 4.39 Å². The Bertz CT molecular complexity index is 990. The minimum absolute atomic E-state index is 0.0439. The van der Waals surface area contributed by atoms with Gasteiger partial charge in [-0.3, -0.25) is 9.78 Å². The number of hydrogen-bond acceptors (Lipinski definition) is 3. The van der Waals surface area contributed by atoms with Gasteiger partial charge < -0.3 is 14.6 Å². The van der Waals surface area contributed by atoms with Crippen molar-refractivity contribution >= 4 is 16.9 Å². The fourth-order valence-electron chi connectivity index (χ4n) is 3.54. The maximum atomic E-state index is 13.5. The van der Waals surface area contributed by atoms with Gasteiger partial charge in [-0.1, -0.05) is 6.07 Å². The zero-order chi connectivity index (χ0) is 19.0. The average molecular weight is 367 g/mol. The molecule has 27 heavy (non-hydrogen) atoms. The third-order valence-corrected chi connectivity index (χ3v) is 5.23. The van der Waals surface area contributed by atoms with E-state index < -0.39 is 0 Å². The monoisotopic (exact) mass is 367 g/mol. The number of benzene rings is 1. The minimum atomic E-state index is -0.299. The summed E-state index contributed by atoms with van der Waals surface area (Å²) in [5.74, 6) is -0.184. The van der Waals surface area contributed by atoms with Gasteiger partial charge in [0, 0.05) is 31.0 Å². The van der Waals surface area contributed by atoms with E-state index in [9.17, 15) is 14.3 Å². The second-order valence-electron chi connectivity index (χ2n) is 7.15. The van der Waals surface area contributed by atoms with Crippen molar-refractivity contribution < 1.29 is 14.3 Å². The largest absolute Gasteiger partial charge is 0.393 e. The van der Waals surface area contributed by atoms with Crippen LogP contribution in [-0.4, -0.2) is 44.7 Å². The van der Waals surface area contributed by atoms with Gasteiger partial charge in [-0.15, -0.1) is 0 Å². The van der Waals surface area contributed by atoms with Gasteiger partial charge in [0.2, 0.25) is 5.91 Å². The molecule has 0 saturated carbocycles. The van der Waals surface area contributed by atoms with E-state index in [1.165, 1.54) is 6.07 Å². The molecule has 0 bridgehead atoms. The van der Waals surface area contributed by atoms with Crippen LogP contribution in [0.2, 0.25) is 0 Å². The SMILES string of the molecule is Cc1cc(-c2cnc3ccn(CC(=O)N4CCC(O)CC4)c3c2)ccc1F. The predicted molar refractivity (Wildman–Crippen MR) is 102 cm³/mol. The van der Waals surface area contributed by atoms with E-state index in [1.54, 1.807) is 30.2 Å². The van der Waals surface area contributed by atoms with Crippen LogP contribution in [0.3, 0.4) is 0 Å². The number of aromatic nitrogens is 2. The van der Waals surface area contributed by atoms with Gasteiger partial charge in [-0.25, -0.2) is 4.39 Å². The molecule has 1 aliphatic heterocycles. The Labute approximate surface area is 157 Å². The van der Waals surface area contributed by atoms with Crippen molar-refractivity contribution in [3.05, 3.63) is 54.1 Å². The maximum Gasteiger partial charge on any atom is 0.242 e. The third kappa shape index (κ3) is 3.57. The Morgan fingerprint density at radius 1 is 1.22 bits per heavy atom. The number of rotatable bonds is 3. The zero-order valence-corrected chi connectivity index (χ0v) is 15.2. The number of pyridine rings is 1. The van der Waals surface area contributed by atoms with E-state index in [2.05, 4.69) is 4.98 Å². The molecule has 0 aliphatic carbocycles. The molecule has 0 atom stereocenters. The zero-order valence-electron chi connectivity index (χ0n) is 15.2. The van der Waals surface area contributed by atoms with Gasteiger partial charge in [-0.2, -0.15) is 0 Å². The van der Waals surface area contributed by atoms with E-state index in [-0.39, 0.29) is 24.4 Å². The molecule has 1 N–H and O–H groups in total. The first-order valence-electron chi connectivity index (χ1n) is 9.18. The van der Waals surface area contributed by atoms with Crippen LogP contribution in [0.15, 0.2) is 42.7 Å². The summed E-state index contributed by atoms with van der Waals surface area (Å²) in [5, 5.41) is 9.61. The number of aliphatic hydroxyl groups is 1. The number of nitrogens with zero attached hydrogens (tertiary/aromatic N) is 3. The molecule has 3 heterocycles. The highest BCUT2D eigenvalue weighted by Gasteiger charge is 2.21. The molecule has 2 aromatic heterocycles. The van der Waals surface area contributed by atoms with E-state index >= 15 is 0 Å². The molecule has 140 valence electrons. The lowest BCUT2D eigenvalue weighted by Crippen LogP contribution is -2.41. The lowest BCUT2D eigenvalue weighted by Gasteiger charge is -2.29. The molecule has 1 aromatic carbocycles. The number of carbonyl (C=O) groups is 1. The number of amides is 1. The van der Waals surface area contributed by atoms with Crippen LogP contribution in [0, 0.1) is 12.7 Å². The lowest BCUT2D eigenvalue weighted by molar-refractivity contribution is -0.133. The third-order valence-electron chi connectivity index (χ3n) is 5.23. The summed E-state index contributed by atoms with van der Waals surface area (Å²) in [6.45, 7) is 3.17. The maximum absolute atomic E-state index is 13.5. The average Bonchev–Trinajstić information content (AvgIpc) is 3.06. The highest BCUT2D eigenvalue weighted by atomic mass is 19.1. The highest BCUT2D eigenvalue weighted by Crippen LogP contribution is 2.25. The summed E-state index contributed by atoms with van der Waals surface area (Å²) < 4.78 is 15.4. The summed E-state index contributed by atoms with van der Waals surface area (Å²) in [6, 6.07) is 8.88. The Hall–Kier alpha value is -2.73. The molecular formula is C21H22FN3O2. The van der Waals surface area contributed by atoms with Crippen LogP contribution >= 0.6 is 0 Å². The topological polar surface area (TPSA) is 58.4 Å². The summed E-state index contributed by atoms with van der Waals surface area (Å²) in [4.78, 5) is 18.9. The van der Waals surface area contributed by atoms with E-state index in [0.29, 0.717) is 31.5 Å². The molecule has 1 saturated heterocycles. The van der Waals surface area contributed by atoms with Gasteiger partial charge in [0.1, 0.15) is 12.4 Å². The van der Waals surface area contributed by atoms with E-state index in [1.807, 2.05) is 22.9 Å². The van der Waals surface area contributed by atoms with Gasteiger partial charge in [0.25, 0.3) is 0 Å². The number of piperidine rings is 1. The molecule has 3 aromatic rings. The molecule has 4 rings (SSSR count). The van der Waals surface area contributed by atoms with Crippen LogP contribution in [-0.2, 0) is 11.3 Å². The Balaban J connectivity index is 1.60. The van der Waals surface area contributed by atoms with Gasteiger partial charge >= 0.3 is 0 Å². The fourth-order valence-corrected chi connectivity index (χ4v) is 3.54. The minimum Gasteiger partial charge on any atom is -0.393 e. The van der Waals surface area contributed by atoms with Crippen LogP contribution in [0.5, 0.6) is 0 Å². The van der Waals surface area contributed by atoms with Crippen molar-refractivity contribution in [1.29, 1.82) is 0 Å². The van der Waals surface area contributed by atoms with Crippen molar-refractivity contribution in [2.75, 3.05) is 13.1 Å². The van der Waals surface area contributed by atoms with Crippen molar-refractivity contribution in [2.24, 2.45) is 0 Å². The first-order chi connectivity index (χ1) is 13.0. The van der Waals surface area contributed by atoms with Crippen molar-refractivity contribution in [3.63, 3.8) is 0 Å². The summed E-state index contributed by atoms with van der Waals surface area (Å²) in [7, 11) is 0. The molecular weight excluding hydrogens is 345 g/mol. The standard InChI is InChI=1S/C21H22FN3O2/c1-14-10-15(2-3-18(14)22)16-11-20-19(23-12-16)6-9-25(20)13-21(27)24-7-4-17(26)5-8-24/h2-3,6,9-12,17,26H,4-5,7-8,13H2,1H3. The quantitative estimate of drug-likeness (QED) is 0.774. The number of likely N-dealkylation sites (tertiary alicyclic amines) is 1.